The highest BCUT2D eigenvalue weighted by Crippen LogP contribution is 2.31. The number of hydrogen-bond acceptors (Lipinski definition) is 4. The van der Waals surface area contributed by atoms with Gasteiger partial charge in [0.15, 0.2) is 0 Å². The molecule has 1 unspecified atom stereocenters. The van der Waals surface area contributed by atoms with Crippen molar-refractivity contribution in [2.45, 2.75) is 40.4 Å². The van der Waals surface area contributed by atoms with E-state index < -0.39 is 11.5 Å². The highest BCUT2D eigenvalue weighted by molar-refractivity contribution is 9.10. The van der Waals surface area contributed by atoms with Crippen LogP contribution in [0.2, 0.25) is 0 Å². The summed E-state index contributed by atoms with van der Waals surface area (Å²) in [5, 5.41) is 10.7. The summed E-state index contributed by atoms with van der Waals surface area (Å²) in [6, 6.07) is 5.54. The molecule has 0 saturated heterocycles. The first-order chi connectivity index (χ1) is 9.68. The van der Waals surface area contributed by atoms with E-state index in [9.17, 15) is 9.90 Å². The van der Waals surface area contributed by atoms with Crippen LogP contribution in [0.15, 0.2) is 27.1 Å². The Kier molecular flexibility index (Phi) is 4.44. The number of aliphatic hydroxyl groups is 1. The highest BCUT2D eigenvalue weighted by atomic mass is 79.9. The molecule has 0 bridgehead atoms. The van der Waals surface area contributed by atoms with Crippen LogP contribution in [0.3, 0.4) is 0 Å². The van der Waals surface area contributed by atoms with Gasteiger partial charge in [-0.25, -0.2) is 0 Å². The molecule has 21 heavy (non-hydrogen) atoms. The van der Waals surface area contributed by atoms with E-state index in [-0.39, 0.29) is 12.6 Å². The van der Waals surface area contributed by atoms with Crippen LogP contribution in [-0.4, -0.2) is 11.1 Å². The molecule has 0 amide bonds. The monoisotopic (exact) mass is 354 g/mol. The Morgan fingerprint density at radius 1 is 1.38 bits per heavy atom. The molecule has 2 aromatic rings. The summed E-state index contributed by atoms with van der Waals surface area (Å²) < 4.78 is 11.8. The maximum atomic E-state index is 11.8. The van der Waals surface area contributed by atoms with Gasteiger partial charge in [0, 0.05) is 15.4 Å². The Bertz CT molecular complexity index is 665. The van der Waals surface area contributed by atoms with Gasteiger partial charge in [0.05, 0.1) is 11.5 Å². The van der Waals surface area contributed by atoms with Crippen molar-refractivity contribution in [3.8, 4) is 0 Å². The summed E-state index contributed by atoms with van der Waals surface area (Å²) in [7, 11) is 0. The van der Waals surface area contributed by atoms with Gasteiger partial charge in [-0.1, -0.05) is 15.9 Å². The molecule has 0 radical (unpaired) electrons. The molecule has 1 N–H and O–H groups in total. The maximum Gasteiger partial charge on any atom is 0.311 e. The third-order valence-corrected chi connectivity index (χ3v) is 3.53. The van der Waals surface area contributed by atoms with Crippen LogP contribution in [0.4, 0.5) is 0 Å². The third-order valence-electron chi connectivity index (χ3n) is 3.07. The number of carbonyl (C=O) groups is 1. The van der Waals surface area contributed by atoms with Crippen LogP contribution >= 0.6 is 15.9 Å². The van der Waals surface area contributed by atoms with E-state index in [0.717, 1.165) is 9.86 Å². The van der Waals surface area contributed by atoms with Crippen LogP contribution in [0.5, 0.6) is 0 Å². The molecule has 1 heterocycles. The van der Waals surface area contributed by atoms with E-state index >= 15 is 0 Å². The van der Waals surface area contributed by atoms with E-state index in [1.165, 1.54) is 0 Å². The van der Waals surface area contributed by atoms with Crippen LogP contribution in [0.25, 0.3) is 11.0 Å². The Morgan fingerprint density at radius 3 is 2.62 bits per heavy atom. The fourth-order valence-corrected chi connectivity index (χ4v) is 2.42. The predicted molar refractivity (Wildman–Crippen MR) is 83.8 cm³/mol. The number of halogens is 1. The molecule has 0 aliphatic heterocycles. The molecule has 2 rings (SSSR count). The van der Waals surface area contributed by atoms with Crippen LogP contribution in [0.1, 0.15) is 45.1 Å². The van der Waals surface area contributed by atoms with E-state index in [1.807, 2.05) is 18.2 Å². The Morgan fingerprint density at radius 2 is 2.05 bits per heavy atom. The topological polar surface area (TPSA) is 59.7 Å². The summed E-state index contributed by atoms with van der Waals surface area (Å²) >= 11 is 3.41. The van der Waals surface area contributed by atoms with Gasteiger partial charge in [0.2, 0.25) is 0 Å². The molecule has 1 aromatic carbocycles. The lowest BCUT2D eigenvalue weighted by Gasteiger charge is -2.15. The fourth-order valence-electron chi connectivity index (χ4n) is 1.93. The summed E-state index contributed by atoms with van der Waals surface area (Å²) in [6.07, 6.45) is -0.638. The van der Waals surface area contributed by atoms with Crippen LogP contribution < -0.4 is 0 Å². The SMILES string of the molecule is CC(O)c1cc(Br)cc2cc(COC(=O)C(C)(C)C)oc12. The summed E-state index contributed by atoms with van der Waals surface area (Å²) in [6.45, 7) is 7.18. The smallest absolute Gasteiger partial charge is 0.311 e. The number of benzene rings is 1. The molecule has 0 saturated carbocycles. The number of rotatable bonds is 3. The first-order valence-electron chi connectivity index (χ1n) is 6.75. The number of aliphatic hydroxyl groups excluding tert-OH is 1. The summed E-state index contributed by atoms with van der Waals surface area (Å²) in [5.74, 6) is 0.280. The highest BCUT2D eigenvalue weighted by Gasteiger charge is 2.23. The van der Waals surface area contributed by atoms with Gasteiger partial charge in [-0.2, -0.15) is 0 Å². The van der Waals surface area contributed by atoms with Crippen molar-refractivity contribution < 1.29 is 19.1 Å². The van der Waals surface area contributed by atoms with Crippen molar-refractivity contribution >= 4 is 32.9 Å². The van der Waals surface area contributed by atoms with Gasteiger partial charge in [-0.15, -0.1) is 0 Å². The molecule has 114 valence electrons. The number of esters is 1. The first-order valence-corrected chi connectivity index (χ1v) is 7.55. The lowest BCUT2D eigenvalue weighted by Crippen LogP contribution is -2.22. The second-order valence-corrected chi connectivity index (χ2v) is 7.04. The Labute approximate surface area is 132 Å². The molecule has 0 aliphatic carbocycles. The van der Waals surface area contributed by atoms with Crippen molar-refractivity contribution in [1.82, 2.24) is 0 Å². The van der Waals surface area contributed by atoms with E-state index in [1.54, 1.807) is 27.7 Å². The second-order valence-electron chi connectivity index (χ2n) is 6.13. The molecular weight excluding hydrogens is 336 g/mol. The molecule has 1 aromatic heterocycles. The van der Waals surface area contributed by atoms with Crippen molar-refractivity contribution in [3.63, 3.8) is 0 Å². The number of ether oxygens (including phenoxy) is 1. The van der Waals surface area contributed by atoms with E-state index in [0.29, 0.717) is 16.9 Å². The fraction of sp³-hybridized carbons (Fsp3) is 0.438. The zero-order valence-corrected chi connectivity index (χ0v) is 14.2. The summed E-state index contributed by atoms with van der Waals surface area (Å²) in [4.78, 5) is 11.8. The Hall–Kier alpha value is -1.33. The minimum absolute atomic E-state index is 0.0850. The number of hydrogen-bond donors (Lipinski definition) is 1. The largest absolute Gasteiger partial charge is 0.457 e. The molecule has 1 atom stereocenters. The molecule has 0 fully saturated rings. The standard InChI is InChI=1S/C16H19BrO4/c1-9(18)13-7-11(17)5-10-6-12(21-14(10)13)8-20-15(19)16(2,3)4/h5-7,9,18H,8H2,1-4H3. The van der Waals surface area contributed by atoms with Crippen LogP contribution in [-0.2, 0) is 16.1 Å². The zero-order chi connectivity index (χ0) is 15.8. The van der Waals surface area contributed by atoms with Crippen molar-refractivity contribution in [2.24, 2.45) is 5.41 Å². The minimum Gasteiger partial charge on any atom is -0.457 e. The second kappa shape index (κ2) is 5.81. The molecular formula is C16H19BrO4. The van der Waals surface area contributed by atoms with Crippen molar-refractivity contribution in [2.75, 3.05) is 0 Å². The third kappa shape index (κ3) is 3.66. The number of fused-ring (bicyclic) bond motifs is 1. The molecule has 0 aliphatic rings. The molecule has 0 spiro atoms. The van der Waals surface area contributed by atoms with Crippen molar-refractivity contribution in [1.29, 1.82) is 0 Å². The van der Waals surface area contributed by atoms with Gasteiger partial charge in [-0.3, -0.25) is 4.79 Å². The zero-order valence-electron chi connectivity index (χ0n) is 12.6. The van der Waals surface area contributed by atoms with E-state index in [2.05, 4.69) is 15.9 Å². The minimum atomic E-state index is -0.638. The molecule has 4 nitrogen and oxygen atoms in total. The lowest BCUT2D eigenvalue weighted by atomic mass is 9.97. The van der Waals surface area contributed by atoms with Gasteiger partial charge in [0.1, 0.15) is 18.0 Å². The quantitative estimate of drug-likeness (QED) is 0.833. The Balaban J connectivity index is 2.27. The normalized spacial score (nSPS) is 13.4. The maximum absolute atomic E-state index is 11.8. The number of carbonyl (C=O) groups excluding carboxylic acids is 1. The first kappa shape index (κ1) is 16.0. The predicted octanol–water partition coefficient (Wildman–Crippen LogP) is 4.34. The van der Waals surface area contributed by atoms with Gasteiger partial charge < -0.3 is 14.3 Å². The molecule has 5 heteroatoms. The average molecular weight is 355 g/mol. The lowest BCUT2D eigenvalue weighted by molar-refractivity contribution is -0.154. The average Bonchev–Trinajstić information content (AvgIpc) is 2.75. The number of furan rings is 1. The van der Waals surface area contributed by atoms with Gasteiger partial charge in [0.25, 0.3) is 0 Å². The van der Waals surface area contributed by atoms with Gasteiger partial charge >= 0.3 is 5.97 Å². The van der Waals surface area contributed by atoms with E-state index in [4.69, 9.17) is 9.15 Å². The van der Waals surface area contributed by atoms with Gasteiger partial charge in [-0.05, 0) is 45.9 Å². The summed E-state index contributed by atoms with van der Waals surface area (Å²) in [5.41, 5.74) is 0.780. The van der Waals surface area contributed by atoms with Crippen molar-refractivity contribution in [3.05, 3.63) is 34.0 Å². The van der Waals surface area contributed by atoms with Crippen LogP contribution in [0, 0.1) is 5.41 Å².